The van der Waals surface area contributed by atoms with Crippen LogP contribution in [0.3, 0.4) is 0 Å². The van der Waals surface area contributed by atoms with E-state index in [0.717, 1.165) is 34.1 Å². The zero-order chi connectivity index (χ0) is 55.2. The van der Waals surface area contributed by atoms with Gasteiger partial charge < -0.3 is 9.80 Å². The molecule has 0 bridgehead atoms. The highest BCUT2D eigenvalue weighted by Crippen LogP contribution is 2.42. The standard InChI is InChI=1S/C80H60N2/c1-57-55-77(81(73-43-35-67(36-44-73)61-19-11-5-12-20-61)74-45-37-68(38-46-74)62-21-13-6-14-22-62)51-53-79(57)71-31-33-72(34-32-71)80-54-52-78(56-58(80)2)82(75-47-39-69(40-48-75)65-27-23-63(24-28-65)59-15-7-3-8-16-59)76-49-41-70(42-50-76)66-29-25-64(26-30-66)60-17-9-4-10-18-60/h3-56H,1-2H3. The summed E-state index contributed by atoms with van der Waals surface area (Å²) in [6.07, 6.45) is 0. The number of aryl methyl sites for hydroxylation is 2. The number of hydrogen-bond acceptors (Lipinski definition) is 2. The largest absolute Gasteiger partial charge is 0.310 e. The van der Waals surface area contributed by atoms with E-state index in [9.17, 15) is 0 Å². The quantitative estimate of drug-likeness (QED) is 0.107. The van der Waals surface area contributed by atoms with Gasteiger partial charge in [0.05, 0.1) is 0 Å². The lowest BCUT2D eigenvalue weighted by Gasteiger charge is -2.27. The maximum Gasteiger partial charge on any atom is 0.0464 e. The van der Waals surface area contributed by atoms with Gasteiger partial charge in [0.15, 0.2) is 0 Å². The predicted molar refractivity (Wildman–Crippen MR) is 349 cm³/mol. The molecule has 82 heavy (non-hydrogen) atoms. The highest BCUT2D eigenvalue weighted by molar-refractivity contribution is 5.85. The van der Waals surface area contributed by atoms with E-state index in [0.29, 0.717) is 0 Å². The maximum absolute atomic E-state index is 2.37. The van der Waals surface area contributed by atoms with Crippen molar-refractivity contribution >= 4 is 34.1 Å². The molecule has 0 aromatic heterocycles. The van der Waals surface area contributed by atoms with Crippen LogP contribution >= 0.6 is 0 Å². The molecule has 13 aromatic carbocycles. The van der Waals surface area contributed by atoms with Gasteiger partial charge in [-0.05, 0) is 187 Å². The summed E-state index contributed by atoms with van der Waals surface area (Å²) in [7, 11) is 0. The second kappa shape index (κ2) is 23.0. The summed E-state index contributed by atoms with van der Waals surface area (Å²) in [6.45, 7) is 4.46. The molecule has 0 atom stereocenters. The Morgan fingerprint density at radius 3 is 0.537 bits per heavy atom. The van der Waals surface area contributed by atoms with Crippen molar-refractivity contribution in [2.75, 3.05) is 9.80 Å². The fraction of sp³-hybridized carbons (Fsp3) is 0.0250. The van der Waals surface area contributed by atoms with Gasteiger partial charge in [-0.25, -0.2) is 0 Å². The van der Waals surface area contributed by atoms with Crippen LogP contribution in [0.4, 0.5) is 34.1 Å². The van der Waals surface area contributed by atoms with E-state index in [1.807, 2.05) is 0 Å². The molecule has 0 N–H and O–H groups in total. The summed E-state index contributed by atoms with van der Waals surface area (Å²) in [5, 5.41) is 0. The highest BCUT2D eigenvalue weighted by Gasteiger charge is 2.18. The van der Waals surface area contributed by atoms with Crippen LogP contribution in [0.2, 0.25) is 0 Å². The van der Waals surface area contributed by atoms with Crippen LogP contribution in [0.5, 0.6) is 0 Å². The van der Waals surface area contributed by atoms with Gasteiger partial charge in [-0.3, -0.25) is 0 Å². The minimum atomic E-state index is 1.09. The first-order valence-electron chi connectivity index (χ1n) is 28.2. The minimum Gasteiger partial charge on any atom is -0.310 e. The van der Waals surface area contributed by atoms with E-state index in [1.54, 1.807) is 0 Å². The minimum absolute atomic E-state index is 1.09. The molecule has 0 heterocycles. The van der Waals surface area contributed by atoms with Crippen molar-refractivity contribution in [3.8, 4) is 89.0 Å². The fourth-order valence-corrected chi connectivity index (χ4v) is 11.4. The third kappa shape index (κ3) is 10.8. The summed E-state index contributed by atoms with van der Waals surface area (Å²) < 4.78 is 0. The zero-order valence-electron chi connectivity index (χ0n) is 46.1. The van der Waals surface area contributed by atoms with Gasteiger partial charge in [0.1, 0.15) is 0 Å². The zero-order valence-corrected chi connectivity index (χ0v) is 46.1. The third-order valence-electron chi connectivity index (χ3n) is 15.8. The van der Waals surface area contributed by atoms with Gasteiger partial charge >= 0.3 is 0 Å². The average molecular weight is 1050 g/mol. The van der Waals surface area contributed by atoms with E-state index in [-0.39, 0.29) is 0 Å². The molecule has 0 fully saturated rings. The Hall–Kier alpha value is -10.5. The molecule has 0 aliphatic heterocycles. The van der Waals surface area contributed by atoms with Crippen molar-refractivity contribution < 1.29 is 0 Å². The van der Waals surface area contributed by atoms with Crippen molar-refractivity contribution in [2.24, 2.45) is 0 Å². The summed E-state index contributed by atoms with van der Waals surface area (Å²) in [5.41, 5.74) is 28.2. The Balaban J connectivity index is 0.782. The summed E-state index contributed by atoms with van der Waals surface area (Å²) in [6, 6.07) is 119. The summed E-state index contributed by atoms with van der Waals surface area (Å²) >= 11 is 0. The lowest BCUT2D eigenvalue weighted by atomic mass is 9.95. The van der Waals surface area contributed by atoms with Crippen molar-refractivity contribution in [1.82, 2.24) is 0 Å². The van der Waals surface area contributed by atoms with Crippen LogP contribution in [0.15, 0.2) is 328 Å². The second-order valence-corrected chi connectivity index (χ2v) is 21.1. The molecular formula is C80H60N2. The average Bonchev–Trinajstić information content (AvgIpc) is 3.74. The first kappa shape index (κ1) is 50.9. The topological polar surface area (TPSA) is 6.48 Å². The van der Waals surface area contributed by atoms with Gasteiger partial charge in [-0.2, -0.15) is 0 Å². The Morgan fingerprint density at radius 2 is 0.329 bits per heavy atom. The molecule has 0 spiro atoms. The molecule has 2 nitrogen and oxygen atoms in total. The normalized spacial score (nSPS) is 11.0. The molecule has 13 aromatic rings. The number of rotatable bonds is 14. The Morgan fingerprint density at radius 1 is 0.159 bits per heavy atom. The summed E-state index contributed by atoms with van der Waals surface area (Å²) in [5.74, 6) is 0. The van der Waals surface area contributed by atoms with Crippen molar-refractivity contribution in [2.45, 2.75) is 13.8 Å². The maximum atomic E-state index is 2.37. The second-order valence-electron chi connectivity index (χ2n) is 21.1. The lowest BCUT2D eigenvalue weighted by molar-refractivity contribution is 1.27. The van der Waals surface area contributed by atoms with Gasteiger partial charge in [-0.15, -0.1) is 0 Å². The van der Waals surface area contributed by atoms with E-state index in [2.05, 4.69) is 351 Å². The van der Waals surface area contributed by atoms with Crippen LogP contribution in [0.25, 0.3) is 89.0 Å². The number of nitrogens with zero attached hydrogens (tertiary/aromatic N) is 2. The molecule has 13 rings (SSSR count). The number of anilines is 6. The molecule has 0 unspecified atom stereocenters. The Labute approximate surface area is 482 Å². The van der Waals surface area contributed by atoms with Gasteiger partial charge in [0.2, 0.25) is 0 Å². The molecule has 0 radical (unpaired) electrons. The monoisotopic (exact) mass is 1050 g/mol. The van der Waals surface area contributed by atoms with Crippen molar-refractivity contribution in [1.29, 1.82) is 0 Å². The molecular weight excluding hydrogens is 989 g/mol. The molecule has 0 saturated heterocycles. The number of benzene rings is 13. The van der Waals surface area contributed by atoms with Crippen molar-refractivity contribution in [3.63, 3.8) is 0 Å². The Bertz CT molecular complexity index is 4030. The van der Waals surface area contributed by atoms with Gasteiger partial charge in [0, 0.05) is 34.1 Å². The van der Waals surface area contributed by atoms with Crippen LogP contribution in [-0.4, -0.2) is 0 Å². The van der Waals surface area contributed by atoms with E-state index >= 15 is 0 Å². The van der Waals surface area contributed by atoms with E-state index < -0.39 is 0 Å². The van der Waals surface area contributed by atoms with Crippen molar-refractivity contribution in [3.05, 3.63) is 339 Å². The molecule has 0 aliphatic carbocycles. The third-order valence-corrected chi connectivity index (χ3v) is 15.8. The highest BCUT2D eigenvalue weighted by atomic mass is 15.1. The SMILES string of the molecule is Cc1cc(N(c2ccc(-c3ccccc3)cc2)c2ccc(-c3ccccc3)cc2)ccc1-c1ccc(-c2ccc(N(c3ccc(-c4ccc(-c5ccccc5)cc4)cc3)c3ccc(-c4ccc(-c5ccccc5)cc4)cc3)cc2C)cc1. The smallest absolute Gasteiger partial charge is 0.0464 e. The van der Waals surface area contributed by atoms with Crippen LogP contribution < -0.4 is 9.80 Å². The van der Waals surface area contributed by atoms with E-state index in [1.165, 1.54) is 100 Å². The van der Waals surface area contributed by atoms with Gasteiger partial charge in [-0.1, -0.05) is 255 Å². The fourth-order valence-electron chi connectivity index (χ4n) is 11.4. The van der Waals surface area contributed by atoms with Gasteiger partial charge in [0.25, 0.3) is 0 Å². The molecule has 2 heteroatoms. The first-order valence-corrected chi connectivity index (χ1v) is 28.2. The van der Waals surface area contributed by atoms with Crippen LogP contribution in [0.1, 0.15) is 11.1 Å². The predicted octanol–water partition coefficient (Wildman–Crippen LogP) is 22.6. The molecule has 0 saturated carbocycles. The van der Waals surface area contributed by atoms with Crippen LogP contribution in [0, 0.1) is 13.8 Å². The van der Waals surface area contributed by atoms with Crippen LogP contribution in [-0.2, 0) is 0 Å². The summed E-state index contributed by atoms with van der Waals surface area (Å²) in [4.78, 5) is 4.73. The molecule has 0 aliphatic rings. The van der Waals surface area contributed by atoms with E-state index in [4.69, 9.17) is 0 Å². The molecule has 390 valence electrons. The lowest BCUT2D eigenvalue weighted by Crippen LogP contribution is -2.10. The Kier molecular flexibility index (Phi) is 14.3. The first-order chi connectivity index (χ1) is 40.5. The number of hydrogen-bond donors (Lipinski definition) is 0. The molecule has 0 amide bonds.